The molecule has 0 radical (unpaired) electrons. The molecule has 86 valence electrons. The van der Waals surface area contributed by atoms with Gasteiger partial charge in [0.1, 0.15) is 0 Å². The fraction of sp³-hybridized carbons (Fsp3) is 0.273. The van der Waals surface area contributed by atoms with Gasteiger partial charge in [0.25, 0.3) is 0 Å². The first-order valence-electron chi connectivity index (χ1n) is 5.15. The predicted molar refractivity (Wildman–Crippen MR) is 61.7 cm³/mol. The minimum absolute atomic E-state index is 0.211. The first-order chi connectivity index (χ1) is 8.13. The van der Waals surface area contributed by atoms with Crippen LogP contribution in [0.1, 0.15) is 18.4 Å². The van der Waals surface area contributed by atoms with Crippen LogP contribution in [0, 0.1) is 6.92 Å². The molecule has 6 nitrogen and oxygen atoms in total. The maximum atomic E-state index is 11.6. The molecule has 1 fully saturated rings. The van der Waals surface area contributed by atoms with E-state index in [-0.39, 0.29) is 24.7 Å². The lowest BCUT2D eigenvalue weighted by Crippen LogP contribution is -2.28. The van der Waals surface area contributed by atoms with E-state index < -0.39 is 0 Å². The molecule has 1 aliphatic rings. The number of aryl methyl sites for hydroxylation is 1. The molecule has 1 aliphatic heterocycles. The van der Waals surface area contributed by atoms with Gasteiger partial charge in [0.05, 0.1) is 11.4 Å². The Hall–Kier alpha value is -2.33. The highest BCUT2D eigenvalue weighted by atomic mass is 16.2. The highest BCUT2D eigenvalue weighted by molar-refractivity contribution is 6.21. The molecule has 0 aliphatic carbocycles. The van der Waals surface area contributed by atoms with Crippen LogP contribution in [0.5, 0.6) is 0 Å². The van der Waals surface area contributed by atoms with Gasteiger partial charge in [-0.3, -0.25) is 14.5 Å². The van der Waals surface area contributed by atoms with E-state index in [9.17, 15) is 9.59 Å². The highest BCUT2D eigenvalue weighted by Crippen LogP contribution is 2.33. The number of rotatable bonds is 2. The Morgan fingerprint density at radius 1 is 1.29 bits per heavy atom. The third-order valence-electron chi connectivity index (χ3n) is 2.58. The van der Waals surface area contributed by atoms with Crippen LogP contribution in [0.15, 0.2) is 23.3 Å². The Kier molecular flexibility index (Phi) is 2.80. The van der Waals surface area contributed by atoms with Gasteiger partial charge < -0.3 is 0 Å². The maximum Gasteiger partial charge on any atom is 0.234 e. The molecule has 0 aromatic heterocycles. The quantitative estimate of drug-likeness (QED) is 0.338. The molecule has 0 bridgehead atoms. The highest BCUT2D eigenvalue weighted by Gasteiger charge is 2.31. The maximum absolute atomic E-state index is 11.6. The molecule has 2 rings (SSSR count). The van der Waals surface area contributed by atoms with Gasteiger partial charge in [-0.15, -0.1) is 0 Å². The number of hydrogen-bond donors (Lipinski definition) is 0. The summed E-state index contributed by atoms with van der Waals surface area (Å²) in [6.07, 6.45) is 0.421. The van der Waals surface area contributed by atoms with Crippen LogP contribution < -0.4 is 4.90 Å². The second-order valence-electron chi connectivity index (χ2n) is 3.80. The van der Waals surface area contributed by atoms with Gasteiger partial charge in [-0.25, -0.2) is 0 Å². The van der Waals surface area contributed by atoms with Crippen LogP contribution in [-0.2, 0) is 9.59 Å². The summed E-state index contributed by atoms with van der Waals surface area (Å²) >= 11 is 0. The van der Waals surface area contributed by atoms with E-state index in [2.05, 4.69) is 10.0 Å². The van der Waals surface area contributed by atoms with Crippen LogP contribution in [0.2, 0.25) is 0 Å². The Bertz CT molecular complexity index is 530. The number of anilines is 1. The monoisotopic (exact) mass is 230 g/mol. The molecule has 0 spiro atoms. The fourth-order valence-electron chi connectivity index (χ4n) is 1.80. The molecule has 1 aromatic carbocycles. The normalized spacial score (nSPS) is 15.0. The van der Waals surface area contributed by atoms with E-state index in [1.54, 1.807) is 18.2 Å². The average molecular weight is 230 g/mol. The van der Waals surface area contributed by atoms with Crippen molar-refractivity contribution in [1.29, 1.82) is 0 Å². The van der Waals surface area contributed by atoms with Crippen LogP contribution in [0.3, 0.4) is 0 Å². The van der Waals surface area contributed by atoms with Crippen molar-refractivity contribution in [1.82, 2.24) is 0 Å². The Balaban J connectivity index is 2.54. The molecule has 17 heavy (non-hydrogen) atoms. The molecule has 0 atom stereocenters. The van der Waals surface area contributed by atoms with Gasteiger partial charge >= 0.3 is 0 Å². The summed E-state index contributed by atoms with van der Waals surface area (Å²) in [6.45, 7) is 1.84. The molecule has 0 unspecified atom stereocenters. The molecule has 6 heteroatoms. The van der Waals surface area contributed by atoms with Crippen LogP contribution in [0.4, 0.5) is 11.4 Å². The molecule has 1 saturated heterocycles. The predicted octanol–water partition coefficient (Wildman–Crippen LogP) is 2.59. The van der Waals surface area contributed by atoms with Gasteiger partial charge in [0.2, 0.25) is 11.8 Å². The van der Waals surface area contributed by atoms with Crippen LogP contribution >= 0.6 is 0 Å². The van der Waals surface area contributed by atoms with E-state index in [0.717, 1.165) is 10.5 Å². The van der Waals surface area contributed by atoms with Crippen molar-refractivity contribution in [3.05, 3.63) is 34.2 Å². The van der Waals surface area contributed by atoms with Gasteiger partial charge in [-0.2, -0.15) is 0 Å². The molecular formula is C11H10N4O2. The summed E-state index contributed by atoms with van der Waals surface area (Å²) in [6, 6.07) is 5.04. The third kappa shape index (κ3) is 1.98. The third-order valence-corrected chi connectivity index (χ3v) is 2.58. The molecule has 0 N–H and O–H groups in total. The lowest BCUT2D eigenvalue weighted by Gasteiger charge is -2.16. The van der Waals surface area contributed by atoms with E-state index >= 15 is 0 Å². The summed E-state index contributed by atoms with van der Waals surface area (Å²) in [7, 11) is 0. The summed E-state index contributed by atoms with van der Waals surface area (Å²) < 4.78 is 0. The number of carbonyl (C=O) groups is 2. The lowest BCUT2D eigenvalue weighted by atomic mass is 10.2. The molecule has 0 saturated carbocycles. The largest absolute Gasteiger partial charge is 0.274 e. The number of azide groups is 1. The number of imide groups is 1. The molecular weight excluding hydrogens is 220 g/mol. The van der Waals surface area contributed by atoms with Gasteiger partial charge in [-0.05, 0) is 24.6 Å². The van der Waals surface area contributed by atoms with Crippen molar-refractivity contribution in [3.8, 4) is 0 Å². The fourth-order valence-corrected chi connectivity index (χ4v) is 1.80. The van der Waals surface area contributed by atoms with E-state index in [1.807, 2.05) is 6.92 Å². The van der Waals surface area contributed by atoms with Crippen molar-refractivity contribution in [3.63, 3.8) is 0 Å². The topological polar surface area (TPSA) is 86.1 Å². The Morgan fingerprint density at radius 3 is 2.53 bits per heavy atom. The standard InChI is InChI=1S/C11H10N4O2/c1-7-2-3-9(8(6-7)13-14-12)15-10(16)4-5-11(15)17/h2-3,6H,4-5H2,1H3. The van der Waals surface area contributed by atoms with Crippen LogP contribution in [-0.4, -0.2) is 11.8 Å². The SMILES string of the molecule is Cc1ccc(N2C(=O)CCC2=O)c(N=[N+]=[N-])c1. The van der Waals surface area contributed by atoms with Crippen LogP contribution in [0.25, 0.3) is 10.4 Å². The number of amides is 2. The summed E-state index contributed by atoms with van der Waals surface area (Å²) in [5.74, 6) is -0.513. The number of hydrogen-bond acceptors (Lipinski definition) is 3. The Morgan fingerprint density at radius 2 is 1.94 bits per heavy atom. The van der Waals surface area contributed by atoms with Crippen molar-refractivity contribution < 1.29 is 9.59 Å². The van der Waals surface area contributed by atoms with Gasteiger partial charge in [0.15, 0.2) is 0 Å². The second-order valence-corrected chi connectivity index (χ2v) is 3.80. The van der Waals surface area contributed by atoms with Gasteiger partial charge in [0, 0.05) is 17.8 Å². The molecule has 1 heterocycles. The Labute approximate surface area is 97.5 Å². The molecule has 1 aromatic rings. The van der Waals surface area contributed by atoms with E-state index in [0.29, 0.717) is 11.4 Å². The first-order valence-corrected chi connectivity index (χ1v) is 5.15. The second kappa shape index (κ2) is 4.27. The van der Waals surface area contributed by atoms with E-state index in [1.165, 1.54) is 0 Å². The smallest absolute Gasteiger partial charge is 0.234 e. The summed E-state index contributed by atoms with van der Waals surface area (Å²) in [4.78, 5) is 27.0. The number of benzene rings is 1. The lowest BCUT2D eigenvalue weighted by molar-refractivity contribution is -0.121. The summed E-state index contributed by atoms with van der Waals surface area (Å²) in [5.41, 5.74) is 10.0. The number of carbonyl (C=O) groups excluding carboxylic acids is 2. The van der Waals surface area contributed by atoms with Crippen molar-refractivity contribution in [2.24, 2.45) is 5.11 Å². The molecule has 2 amide bonds. The van der Waals surface area contributed by atoms with Crippen molar-refractivity contribution in [2.75, 3.05) is 4.90 Å². The summed E-state index contributed by atoms with van der Waals surface area (Å²) in [5, 5.41) is 3.52. The average Bonchev–Trinajstić information content (AvgIpc) is 2.61. The van der Waals surface area contributed by atoms with E-state index in [4.69, 9.17) is 5.53 Å². The zero-order valence-electron chi connectivity index (χ0n) is 9.25. The zero-order valence-corrected chi connectivity index (χ0v) is 9.25. The van der Waals surface area contributed by atoms with Crippen molar-refractivity contribution >= 4 is 23.2 Å². The number of nitrogens with zero attached hydrogens (tertiary/aromatic N) is 4. The zero-order chi connectivity index (χ0) is 12.4. The van der Waals surface area contributed by atoms with Crippen molar-refractivity contribution in [2.45, 2.75) is 19.8 Å². The minimum Gasteiger partial charge on any atom is -0.274 e. The van der Waals surface area contributed by atoms with Gasteiger partial charge in [-0.1, -0.05) is 16.7 Å². The minimum atomic E-state index is -0.256. The first kappa shape index (κ1) is 11.2.